The number of benzene rings is 2. The number of aryl methyl sites for hydroxylation is 1. The molecule has 1 heterocycles. The van der Waals surface area contributed by atoms with E-state index in [0.717, 1.165) is 51.2 Å². The SMILES string of the molecule is CN(C1CC(CN2CCC(CCCc3ccc(F)cc3)CC2)C(c2ccccc2)C1)S(C)(=O)=O. The van der Waals surface area contributed by atoms with Gasteiger partial charge in [-0.05, 0) is 92.6 Å². The van der Waals surface area contributed by atoms with Crippen molar-refractivity contribution in [3.05, 3.63) is 71.5 Å². The van der Waals surface area contributed by atoms with Crippen LogP contribution in [0, 0.1) is 17.7 Å². The zero-order chi connectivity index (χ0) is 24.1. The summed E-state index contributed by atoms with van der Waals surface area (Å²) in [5.41, 5.74) is 2.56. The maximum absolute atomic E-state index is 13.1. The summed E-state index contributed by atoms with van der Waals surface area (Å²) in [7, 11) is -1.45. The number of piperidine rings is 1. The van der Waals surface area contributed by atoms with Gasteiger partial charge in [-0.1, -0.05) is 48.9 Å². The van der Waals surface area contributed by atoms with Crippen LogP contribution in [-0.4, -0.2) is 56.6 Å². The van der Waals surface area contributed by atoms with Crippen LogP contribution in [0.2, 0.25) is 0 Å². The van der Waals surface area contributed by atoms with Gasteiger partial charge in [-0.3, -0.25) is 0 Å². The highest BCUT2D eigenvalue weighted by molar-refractivity contribution is 7.88. The van der Waals surface area contributed by atoms with Crippen LogP contribution in [0.25, 0.3) is 0 Å². The lowest BCUT2D eigenvalue weighted by molar-refractivity contribution is 0.150. The van der Waals surface area contributed by atoms with E-state index in [0.29, 0.717) is 11.8 Å². The van der Waals surface area contributed by atoms with Crippen molar-refractivity contribution >= 4 is 10.0 Å². The maximum Gasteiger partial charge on any atom is 0.211 e. The van der Waals surface area contributed by atoms with E-state index in [9.17, 15) is 12.8 Å². The van der Waals surface area contributed by atoms with E-state index in [1.54, 1.807) is 23.5 Å². The summed E-state index contributed by atoms with van der Waals surface area (Å²) in [6.07, 6.45) is 9.04. The molecule has 2 aromatic carbocycles. The van der Waals surface area contributed by atoms with Gasteiger partial charge in [-0.15, -0.1) is 0 Å². The number of rotatable bonds is 9. The summed E-state index contributed by atoms with van der Waals surface area (Å²) in [6, 6.07) is 17.6. The second-order valence-corrected chi connectivity index (χ2v) is 12.5. The van der Waals surface area contributed by atoms with Crippen molar-refractivity contribution in [1.29, 1.82) is 0 Å². The van der Waals surface area contributed by atoms with Gasteiger partial charge in [0.1, 0.15) is 5.82 Å². The summed E-state index contributed by atoms with van der Waals surface area (Å²) < 4.78 is 39.0. The maximum atomic E-state index is 13.1. The van der Waals surface area contributed by atoms with Crippen LogP contribution in [0.4, 0.5) is 4.39 Å². The molecule has 1 aliphatic heterocycles. The molecule has 6 heteroatoms. The van der Waals surface area contributed by atoms with E-state index in [2.05, 4.69) is 35.2 Å². The van der Waals surface area contributed by atoms with Crippen LogP contribution < -0.4 is 0 Å². The number of sulfonamides is 1. The first-order valence-corrected chi connectivity index (χ1v) is 14.6. The third-order valence-corrected chi connectivity index (χ3v) is 9.47. The minimum atomic E-state index is -3.19. The molecule has 4 rings (SSSR count). The monoisotopic (exact) mass is 486 g/mol. The van der Waals surface area contributed by atoms with E-state index in [1.165, 1.54) is 36.6 Å². The Morgan fingerprint density at radius 2 is 1.68 bits per heavy atom. The zero-order valence-corrected chi connectivity index (χ0v) is 21.4. The third kappa shape index (κ3) is 6.67. The van der Waals surface area contributed by atoms with Crippen LogP contribution in [0.5, 0.6) is 0 Å². The van der Waals surface area contributed by atoms with Crippen molar-refractivity contribution in [2.24, 2.45) is 11.8 Å². The van der Waals surface area contributed by atoms with Gasteiger partial charge >= 0.3 is 0 Å². The Bertz CT molecular complexity index is 1000. The van der Waals surface area contributed by atoms with Crippen molar-refractivity contribution in [2.45, 2.75) is 56.9 Å². The Hall–Kier alpha value is -1.76. The lowest BCUT2D eigenvalue weighted by Gasteiger charge is -2.35. The van der Waals surface area contributed by atoms with E-state index < -0.39 is 10.0 Å². The number of likely N-dealkylation sites (tertiary alicyclic amines) is 1. The molecule has 0 amide bonds. The smallest absolute Gasteiger partial charge is 0.211 e. The quantitative estimate of drug-likeness (QED) is 0.482. The molecule has 0 aromatic heterocycles. The molecule has 3 atom stereocenters. The first-order valence-electron chi connectivity index (χ1n) is 12.7. The van der Waals surface area contributed by atoms with Crippen molar-refractivity contribution in [1.82, 2.24) is 9.21 Å². The van der Waals surface area contributed by atoms with Crippen molar-refractivity contribution in [2.75, 3.05) is 32.9 Å². The molecule has 1 aliphatic carbocycles. The molecule has 2 fully saturated rings. The fourth-order valence-electron chi connectivity index (χ4n) is 6.01. The minimum absolute atomic E-state index is 0.0780. The Labute approximate surface area is 205 Å². The molecule has 186 valence electrons. The highest BCUT2D eigenvalue weighted by Crippen LogP contribution is 2.43. The van der Waals surface area contributed by atoms with Crippen LogP contribution in [0.1, 0.15) is 55.6 Å². The number of halogens is 1. The average Bonchev–Trinajstić information content (AvgIpc) is 3.24. The van der Waals surface area contributed by atoms with Gasteiger partial charge in [0, 0.05) is 19.6 Å². The molecule has 4 nitrogen and oxygen atoms in total. The summed E-state index contributed by atoms with van der Waals surface area (Å²) in [6.45, 7) is 3.31. The second-order valence-electron chi connectivity index (χ2n) is 10.4. The molecule has 3 unspecified atom stereocenters. The Balaban J connectivity index is 1.29. The Morgan fingerprint density at radius 1 is 1.00 bits per heavy atom. The van der Waals surface area contributed by atoms with Crippen molar-refractivity contribution < 1.29 is 12.8 Å². The van der Waals surface area contributed by atoms with Gasteiger partial charge in [0.05, 0.1) is 6.26 Å². The summed E-state index contributed by atoms with van der Waals surface area (Å²) in [5.74, 6) is 1.49. The van der Waals surface area contributed by atoms with Crippen LogP contribution >= 0.6 is 0 Å². The predicted octanol–water partition coefficient (Wildman–Crippen LogP) is 5.31. The minimum Gasteiger partial charge on any atom is -0.303 e. The molecular weight excluding hydrogens is 447 g/mol. The van der Waals surface area contributed by atoms with Gasteiger partial charge in [-0.25, -0.2) is 17.1 Å². The molecule has 2 aliphatic rings. The first-order chi connectivity index (χ1) is 16.3. The first kappa shape index (κ1) is 25.3. The van der Waals surface area contributed by atoms with Gasteiger partial charge in [-0.2, -0.15) is 0 Å². The number of nitrogens with zero attached hydrogens (tertiary/aromatic N) is 2. The summed E-state index contributed by atoms with van der Waals surface area (Å²) in [4.78, 5) is 2.61. The molecule has 0 radical (unpaired) electrons. The van der Waals surface area contributed by atoms with E-state index in [1.807, 2.05) is 12.1 Å². The Kier molecular flexibility index (Phi) is 8.43. The fourth-order valence-corrected chi connectivity index (χ4v) is 6.72. The molecule has 0 bridgehead atoms. The largest absolute Gasteiger partial charge is 0.303 e. The van der Waals surface area contributed by atoms with Crippen LogP contribution in [0.15, 0.2) is 54.6 Å². The average molecular weight is 487 g/mol. The predicted molar refractivity (Wildman–Crippen MR) is 137 cm³/mol. The van der Waals surface area contributed by atoms with Crippen molar-refractivity contribution in [3.63, 3.8) is 0 Å². The number of hydrogen-bond acceptors (Lipinski definition) is 3. The zero-order valence-electron chi connectivity index (χ0n) is 20.6. The standard InChI is InChI=1S/C28H39FN2O2S/c1-30(34(2,32)33)27-19-25(28(20-27)24-9-4-3-5-10-24)21-31-17-15-23(16-18-31)8-6-7-22-11-13-26(29)14-12-22/h3-5,9-14,23,25,27-28H,6-8,15-21H2,1-2H3. The second kappa shape index (κ2) is 11.3. The molecule has 0 spiro atoms. The topological polar surface area (TPSA) is 40.6 Å². The molecule has 2 aromatic rings. The van der Waals surface area contributed by atoms with Crippen LogP contribution in [-0.2, 0) is 16.4 Å². The lowest BCUT2D eigenvalue weighted by atomic mass is 9.87. The van der Waals surface area contributed by atoms with Crippen molar-refractivity contribution in [3.8, 4) is 0 Å². The van der Waals surface area contributed by atoms with Gasteiger partial charge in [0.15, 0.2) is 0 Å². The molecular formula is C28H39FN2O2S. The molecule has 0 N–H and O–H groups in total. The van der Waals surface area contributed by atoms with Crippen LogP contribution in [0.3, 0.4) is 0 Å². The van der Waals surface area contributed by atoms with Gasteiger partial charge in [0.2, 0.25) is 10.0 Å². The highest BCUT2D eigenvalue weighted by atomic mass is 32.2. The fraction of sp³-hybridized carbons (Fsp3) is 0.571. The highest BCUT2D eigenvalue weighted by Gasteiger charge is 2.40. The summed E-state index contributed by atoms with van der Waals surface area (Å²) >= 11 is 0. The molecule has 34 heavy (non-hydrogen) atoms. The van der Waals surface area contributed by atoms with Gasteiger partial charge in [0.25, 0.3) is 0 Å². The van der Waals surface area contributed by atoms with E-state index in [-0.39, 0.29) is 11.9 Å². The number of hydrogen-bond donors (Lipinski definition) is 0. The lowest BCUT2D eigenvalue weighted by Crippen LogP contribution is -2.38. The molecule has 1 saturated heterocycles. The molecule has 1 saturated carbocycles. The normalized spacial score (nSPS) is 24.6. The van der Waals surface area contributed by atoms with E-state index >= 15 is 0 Å². The summed E-state index contributed by atoms with van der Waals surface area (Å²) in [5, 5.41) is 0. The third-order valence-electron chi connectivity index (χ3n) is 8.13. The van der Waals surface area contributed by atoms with Gasteiger partial charge < -0.3 is 4.90 Å². The Morgan fingerprint density at radius 3 is 2.32 bits per heavy atom. The van der Waals surface area contributed by atoms with E-state index in [4.69, 9.17) is 0 Å².